The van der Waals surface area contributed by atoms with Crippen LogP contribution < -0.4 is 0 Å². The topological polar surface area (TPSA) is 38.7 Å². The second kappa shape index (κ2) is 4.72. The van der Waals surface area contributed by atoms with Gasteiger partial charge in [0.25, 0.3) is 0 Å². The molecular weight excluding hydrogens is 292 g/mol. The van der Waals surface area contributed by atoms with Gasteiger partial charge in [0.2, 0.25) is 10.6 Å². The van der Waals surface area contributed by atoms with Gasteiger partial charge in [0.15, 0.2) is 5.82 Å². The number of nitrogens with zero attached hydrogens (tertiary/aromatic N) is 3. The van der Waals surface area contributed by atoms with E-state index < -0.39 is 0 Å². The van der Waals surface area contributed by atoms with E-state index in [-0.39, 0.29) is 16.4 Å². The maximum Gasteiger partial charge on any atom is 0.227 e. The predicted octanol–water partition coefficient (Wildman–Crippen LogP) is 4.15. The lowest BCUT2D eigenvalue weighted by Crippen LogP contribution is -1.94. The van der Waals surface area contributed by atoms with Crippen LogP contribution in [-0.4, -0.2) is 15.0 Å². The molecular formula is C9H3Cl4N3. The molecule has 0 radical (unpaired) electrons. The Labute approximate surface area is 111 Å². The van der Waals surface area contributed by atoms with Gasteiger partial charge in [-0.15, -0.1) is 0 Å². The number of aromatic nitrogens is 3. The molecule has 0 aliphatic heterocycles. The first-order valence-corrected chi connectivity index (χ1v) is 5.60. The monoisotopic (exact) mass is 293 g/mol. The van der Waals surface area contributed by atoms with E-state index in [9.17, 15) is 0 Å². The molecule has 2 rings (SSSR count). The minimum atomic E-state index is 0.00559. The first kappa shape index (κ1) is 11.9. The number of benzene rings is 1. The van der Waals surface area contributed by atoms with Crippen LogP contribution in [0.25, 0.3) is 11.4 Å². The predicted molar refractivity (Wildman–Crippen MR) is 65.3 cm³/mol. The Morgan fingerprint density at radius 2 is 1.44 bits per heavy atom. The third-order valence-corrected chi connectivity index (χ3v) is 2.65. The molecule has 7 heteroatoms. The Morgan fingerprint density at radius 1 is 0.812 bits per heavy atom. The first-order valence-electron chi connectivity index (χ1n) is 4.09. The molecule has 1 aromatic heterocycles. The SMILES string of the molecule is Clc1ccc(Cl)c(-c2nc(Cl)nc(Cl)n2)c1. The molecule has 0 saturated carbocycles. The summed E-state index contributed by atoms with van der Waals surface area (Å²) in [5, 5.41) is 0.992. The van der Waals surface area contributed by atoms with Crippen molar-refractivity contribution in [2.45, 2.75) is 0 Å². The van der Waals surface area contributed by atoms with Crippen LogP contribution in [0.2, 0.25) is 20.6 Å². The summed E-state index contributed by atoms with van der Waals surface area (Å²) in [5.74, 6) is 0.289. The minimum absolute atomic E-state index is 0.00559. The Kier molecular flexibility index (Phi) is 3.50. The van der Waals surface area contributed by atoms with Gasteiger partial charge in [-0.25, -0.2) is 0 Å². The summed E-state index contributed by atoms with van der Waals surface area (Å²) < 4.78 is 0. The zero-order valence-corrected chi connectivity index (χ0v) is 10.6. The highest BCUT2D eigenvalue weighted by Gasteiger charge is 2.10. The van der Waals surface area contributed by atoms with Crippen molar-refractivity contribution in [1.29, 1.82) is 0 Å². The van der Waals surface area contributed by atoms with Crippen molar-refractivity contribution in [2.75, 3.05) is 0 Å². The molecule has 0 aliphatic carbocycles. The zero-order valence-electron chi connectivity index (χ0n) is 7.59. The van der Waals surface area contributed by atoms with Crippen LogP contribution in [0.5, 0.6) is 0 Å². The van der Waals surface area contributed by atoms with Crippen molar-refractivity contribution in [3.63, 3.8) is 0 Å². The molecule has 2 aromatic rings. The van der Waals surface area contributed by atoms with Gasteiger partial charge in [-0.1, -0.05) is 23.2 Å². The van der Waals surface area contributed by atoms with E-state index in [2.05, 4.69) is 15.0 Å². The van der Waals surface area contributed by atoms with Gasteiger partial charge in [-0.05, 0) is 41.4 Å². The third kappa shape index (κ3) is 2.55. The van der Waals surface area contributed by atoms with E-state index >= 15 is 0 Å². The van der Waals surface area contributed by atoms with Crippen LogP contribution in [0.15, 0.2) is 18.2 Å². The number of hydrogen-bond acceptors (Lipinski definition) is 3. The van der Waals surface area contributed by atoms with Crippen LogP contribution in [0.4, 0.5) is 0 Å². The molecule has 0 fully saturated rings. The molecule has 82 valence electrons. The summed E-state index contributed by atoms with van der Waals surface area (Å²) in [5.41, 5.74) is 0.556. The summed E-state index contributed by atoms with van der Waals surface area (Å²) in [7, 11) is 0. The molecule has 0 bridgehead atoms. The van der Waals surface area contributed by atoms with Crippen molar-refractivity contribution < 1.29 is 0 Å². The highest BCUT2D eigenvalue weighted by atomic mass is 35.5. The lowest BCUT2D eigenvalue weighted by atomic mass is 10.2. The molecule has 0 N–H and O–H groups in total. The van der Waals surface area contributed by atoms with Crippen molar-refractivity contribution in [2.24, 2.45) is 0 Å². The molecule has 0 unspecified atom stereocenters. The Morgan fingerprint density at radius 3 is 2.06 bits per heavy atom. The molecule has 0 spiro atoms. The molecule has 1 heterocycles. The van der Waals surface area contributed by atoms with E-state index in [4.69, 9.17) is 46.4 Å². The smallest absolute Gasteiger partial charge is 0.198 e. The van der Waals surface area contributed by atoms with E-state index in [0.717, 1.165) is 0 Å². The van der Waals surface area contributed by atoms with E-state index in [1.807, 2.05) is 0 Å². The van der Waals surface area contributed by atoms with Gasteiger partial charge in [-0.3, -0.25) is 0 Å². The summed E-state index contributed by atoms with van der Waals surface area (Å²) in [4.78, 5) is 11.5. The van der Waals surface area contributed by atoms with Gasteiger partial charge >= 0.3 is 0 Å². The molecule has 3 nitrogen and oxygen atoms in total. The van der Waals surface area contributed by atoms with Crippen molar-refractivity contribution in [1.82, 2.24) is 15.0 Å². The van der Waals surface area contributed by atoms with Gasteiger partial charge in [0.1, 0.15) is 0 Å². The number of hydrogen-bond donors (Lipinski definition) is 0. The van der Waals surface area contributed by atoms with Gasteiger partial charge in [0, 0.05) is 10.6 Å². The van der Waals surface area contributed by atoms with Gasteiger partial charge in [-0.2, -0.15) is 15.0 Å². The normalized spacial score (nSPS) is 10.5. The highest BCUT2D eigenvalue weighted by molar-refractivity contribution is 6.35. The summed E-state index contributed by atoms with van der Waals surface area (Å²) in [6, 6.07) is 4.94. The van der Waals surface area contributed by atoms with Gasteiger partial charge < -0.3 is 0 Å². The molecule has 0 atom stereocenters. The van der Waals surface area contributed by atoms with Gasteiger partial charge in [0.05, 0.1) is 5.02 Å². The van der Waals surface area contributed by atoms with Crippen LogP contribution in [0.1, 0.15) is 0 Å². The lowest BCUT2D eigenvalue weighted by molar-refractivity contribution is 1.06. The summed E-state index contributed by atoms with van der Waals surface area (Å²) in [6.07, 6.45) is 0. The number of halogens is 4. The van der Waals surface area contributed by atoms with Crippen molar-refractivity contribution >= 4 is 46.4 Å². The second-order valence-electron chi connectivity index (χ2n) is 2.82. The average Bonchev–Trinajstić information content (AvgIpc) is 2.20. The Bertz CT molecular complexity index is 524. The molecule has 0 aliphatic rings. The van der Waals surface area contributed by atoms with E-state index in [1.54, 1.807) is 18.2 Å². The maximum atomic E-state index is 5.99. The van der Waals surface area contributed by atoms with Crippen LogP contribution >= 0.6 is 46.4 Å². The molecule has 16 heavy (non-hydrogen) atoms. The third-order valence-electron chi connectivity index (χ3n) is 1.75. The molecule has 0 amide bonds. The summed E-state index contributed by atoms with van der Waals surface area (Å²) >= 11 is 23.2. The van der Waals surface area contributed by atoms with Crippen LogP contribution in [-0.2, 0) is 0 Å². The summed E-state index contributed by atoms with van der Waals surface area (Å²) in [6.45, 7) is 0. The molecule has 1 aromatic carbocycles. The maximum absolute atomic E-state index is 5.99. The van der Waals surface area contributed by atoms with E-state index in [1.165, 1.54) is 0 Å². The average molecular weight is 295 g/mol. The van der Waals surface area contributed by atoms with Crippen LogP contribution in [0.3, 0.4) is 0 Å². The second-order valence-corrected chi connectivity index (χ2v) is 4.34. The van der Waals surface area contributed by atoms with E-state index in [0.29, 0.717) is 15.6 Å². The Hall–Kier alpha value is -0.610. The first-order chi connectivity index (χ1) is 7.56. The fourth-order valence-corrected chi connectivity index (χ4v) is 1.85. The fraction of sp³-hybridized carbons (Fsp3) is 0. The van der Waals surface area contributed by atoms with Crippen molar-refractivity contribution in [3.8, 4) is 11.4 Å². The minimum Gasteiger partial charge on any atom is -0.198 e. The van der Waals surface area contributed by atoms with Crippen molar-refractivity contribution in [3.05, 3.63) is 38.8 Å². The lowest BCUT2D eigenvalue weighted by Gasteiger charge is -2.03. The standard InChI is InChI=1S/C9H3Cl4N3/c10-4-1-2-6(11)5(3-4)7-14-8(12)16-9(13)15-7/h1-3H. The van der Waals surface area contributed by atoms with Crippen LogP contribution in [0, 0.1) is 0 Å². The fourth-order valence-electron chi connectivity index (χ4n) is 1.12. The largest absolute Gasteiger partial charge is 0.227 e. The quantitative estimate of drug-likeness (QED) is 0.793. The highest BCUT2D eigenvalue weighted by Crippen LogP contribution is 2.29. The zero-order chi connectivity index (χ0) is 11.7. The Balaban J connectivity index is 2.62. The number of rotatable bonds is 1. The molecule has 0 saturated heterocycles.